The van der Waals surface area contributed by atoms with Crippen LogP contribution in [0.2, 0.25) is 0 Å². The Bertz CT molecular complexity index is 191. The van der Waals surface area contributed by atoms with Crippen molar-refractivity contribution in [2.24, 2.45) is 0 Å². The van der Waals surface area contributed by atoms with Crippen molar-refractivity contribution in [3.05, 3.63) is 12.7 Å². The summed E-state index contributed by atoms with van der Waals surface area (Å²) in [7, 11) is 0. The third-order valence-electron chi connectivity index (χ3n) is 1.26. The molecule has 0 heterocycles. The van der Waals surface area contributed by atoms with Crippen LogP contribution in [0.1, 0.15) is 6.42 Å². The van der Waals surface area contributed by atoms with Crippen LogP contribution < -0.4 is 5.32 Å². The second kappa shape index (κ2) is 4.86. The third kappa shape index (κ3) is 5.24. The zero-order valence-electron chi connectivity index (χ0n) is 6.77. The lowest BCUT2D eigenvalue weighted by atomic mass is 10.2. The summed E-state index contributed by atoms with van der Waals surface area (Å²) < 4.78 is 34.7. The Hall–Kier alpha value is -1.04. The lowest BCUT2D eigenvalue weighted by molar-refractivity contribution is -0.173. The molecular weight excluding hydrogens is 187 g/mol. The van der Waals surface area contributed by atoms with Crippen LogP contribution >= 0.6 is 0 Å². The molecule has 0 aliphatic heterocycles. The van der Waals surface area contributed by atoms with Crippen LogP contribution in [0.3, 0.4) is 0 Å². The number of amides is 1. The molecule has 0 fully saturated rings. The van der Waals surface area contributed by atoms with Gasteiger partial charge in [0.2, 0.25) is 0 Å². The molecule has 0 aromatic rings. The molecule has 0 rings (SSSR count). The van der Waals surface area contributed by atoms with E-state index < -0.39 is 18.2 Å². The van der Waals surface area contributed by atoms with Gasteiger partial charge in [0.25, 0.3) is 0 Å². The second-order valence-corrected chi connectivity index (χ2v) is 2.35. The van der Waals surface area contributed by atoms with E-state index in [0.717, 1.165) is 0 Å². The second-order valence-electron chi connectivity index (χ2n) is 2.35. The van der Waals surface area contributed by atoms with Gasteiger partial charge in [-0.15, -0.1) is 6.58 Å². The number of halogens is 3. The average Bonchev–Trinajstić information content (AvgIpc) is 2.02. The van der Waals surface area contributed by atoms with Gasteiger partial charge in [0.1, 0.15) is 0 Å². The molecule has 1 atom stereocenters. The number of aliphatic hydroxyl groups is 1. The maximum Gasteiger partial charge on any atom is 0.471 e. The molecule has 0 aliphatic carbocycles. The van der Waals surface area contributed by atoms with Crippen LogP contribution in [0.5, 0.6) is 0 Å². The number of carbonyl (C=O) groups is 1. The van der Waals surface area contributed by atoms with Crippen molar-refractivity contribution in [1.82, 2.24) is 5.32 Å². The molecule has 0 saturated heterocycles. The van der Waals surface area contributed by atoms with Crippen LogP contribution in [0.4, 0.5) is 13.2 Å². The Balaban J connectivity index is 3.66. The number of hydrogen-bond donors (Lipinski definition) is 2. The molecule has 0 aromatic carbocycles. The highest BCUT2D eigenvalue weighted by molar-refractivity contribution is 5.81. The van der Waals surface area contributed by atoms with Crippen molar-refractivity contribution in [3.63, 3.8) is 0 Å². The Labute approximate surface area is 73.2 Å². The van der Waals surface area contributed by atoms with Gasteiger partial charge in [-0.3, -0.25) is 4.79 Å². The number of hydrogen-bond acceptors (Lipinski definition) is 2. The minimum absolute atomic E-state index is 0.0192. The summed E-state index contributed by atoms with van der Waals surface area (Å²) in [6.07, 6.45) is -4.56. The van der Waals surface area contributed by atoms with Gasteiger partial charge in [-0.05, 0) is 6.42 Å². The maximum atomic E-state index is 11.6. The Kier molecular flexibility index (Phi) is 4.47. The predicted octanol–water partition coefficient (Wildman–Crippen LogP) is 0.602. The molecule has 76 valence electrons. The highest BCUT2D eigenvalue weighted by atomic mass is 19.4. The van der Waals surface area contributed by atoms with Crippen molar-refractivity contribution < 1.29 is 23.1 Å². The van der Waals surface area contributed by atoms with Crippen LogP contribution in [-0.4, -0.2) is 29.8 Å². The fourth-order valence-corrected chi connectivity index (χ4v) is 0.552. The van der Waals surface area contributed by atoms with E-state index in [2.05, 4.69) is 6.58 Å². The molecule has 0 bridgehead atoms. The number of nitrogens with one attached hydrogen (secondary N) is 1. The first-order chi connectivity index (χ1) is 5.88. The van der Waals surface area contributed by atoms with E-state index in [0.29, 0.717) is 0 Å². The summed E-state index contributed by atoms with van der Waals surface area (Å²) >= 11 is 0. The van der Waals surface area contributed by atoms with Gasteiger partial charge >= 0.3 is 12.1 Å². The number of aliphatic hydroxyl groups excluding tert-OH is 1. The van der Waals surface area contributed by atoms with Crippen LogP contribution in [0.25, 0.3) is 0 Å². The maximum absolute atomic E-state index is 11.6. The monoisotopic (exact) mass is 197 g/mol. The average molecular weight is 197 g/mol. The summed E-state index contributed by atoms with van der Waals surface area (Å²) in [6, 6.07) is 0. The Morgan fingerprint density at radius 1 is 1.62 bits per heavy atom. The van der Waals surface area contributed by atoms with E-state index in [-0.39, 0.29) is 13.0 Å². The zero-order valence-corrected chi connectivity index (χ0v) is 6.77. The van der Waals surface area contributed by atoms with E-state index >= 15 is 0 Å². The standard InChI is InChI=1S/C7H10F3NO2/c1-2-5(12)3-4-11-6(13)7(8,9)10/h2,5,12H,1,3-4H2,(H,11,13)/t5-/m1/s1. The number of alkyl halides is 3. The highest BCUT2D eigenvalue weighted by Gasteiger charge is 2.38. The molecule has 2 N–H and O–H groups in total. The van der Waals surface area contributed by atoms with E-state index in [1.54, 1.807) is 5.32 Å². The number of rotatable bonds is 4. The smallest absolute Gasteiger partial charge is 0.389 e. The molecule has 0 spiro atoms. The van der Waals surface area contributed by atoms with Gasteiger partial charge in [0.15, 0.2) is 0 Å². The summed E-state index contributed by atoms with van der Waals surface area (Å²) in [5.74, 6) is -2.00. The van der Waals surface area contributed by atoms with Crippen molar-refractivity contribution in [1.29, 1.82) is 0 Å². The molecule has 0 saturated carbocycles. The van der Waals surface area contributed by atoms with Gasteiger partial charge in [-0.1, -0.05) is 6.08 Å². The predicted molar refractivity (Wildman–Crippen MR) is 39.9 cm³/mol. The van der Waals surface area contributed by atoms with Crippen LogP contribution in [0, 0.1) is 0 Å². The van der Waals surface area contributed by atoms with E-state index in [1.165, 1.54) is 6.08 Å². The summed E-state index contributed by atoms with van der Waals surface area (Å²) in [5, 5.41) is 10.4. The minimum atomic E-state index is -4.86. The molecule has 0 unspecified atom stereocenters. The molecule has 0 aromatic heterocycles. The van der Waals surface area contributed by atoms with E-state index in [4.69, 9.17) is 5.11 Å². The fourth-order valence-electron chi connectivity index (χ4n) is 0.552. The van der Waals surface area contributed by atoms with Crippen LogP contribution in [-0.2, 0) is 4.79 Å². The molecule has 6 heteroatoms. The Morgan fingerprint density at radius 2 is 2.15 bits per heavy atom. The molecule has 0 radical (unpaired) electrons. The highest BCUT2D eigenvalue weighted by Crippen LogP contribution is 2.13. The third-order valence-corrected chi connectivity index (χ3v) is 1.26. The number of carbonyl (C=O) groups excluding carboxylic acids is 1. The van der Waals surface area contributed by atoms with Crippen molar-refractivity contribution >= 4 is 5.91 Å². The molecule has 0 aliphatic rings. The van der Waals surface area contributed by atoms with Crippen molar-refractivity contribution in [2.75, 3.05) is 6.54 Å². The zero-order chi connectivity index (χ0) is 10.5. The first-order valence-corrected chi connectivity index (χ1v) is 3.53. The van der Waals surface area contributed by atoms with Gasteiger partial charge < -0.3 is 10.4 Å². The Morgan fingerprint density at radius 3 is 2.54 bits per heavy atom. The fraction of sp³-hybridized carbons (Fsp3) is 0.571. The topological polar surface area (TPSA) is 49.3 Å². The first-order valence-electron chi connectivity index (χ1n) is 3.53. The SMILES string of the molecule is C=C[C@@H](O)CCNC(=O)C(F)(F)F. The lowest BCUT2D eigenvalue weighted by Crippen LogP contribution is -2.37. The summed E-state index contributed by atoms with van der Waals surface area (Å²) in [6.45, 7) is 2.99. The van der Waals surface area contributed by atoms with Gasteiger partial charge in [0.05, 0.1) is 6.10 Å². The van der Waals surface area contributed by atoms with Gasteiger partial charge in [-0.25, -0.2) is 0 Å². The first kappa shape index (κ1) is 12.0. The summed E-state index contributed by atoms with van der Waals surface area (Å²) in [4.78, 5) is 10.2. The summed E-state index contributed by atoms with van der Waals surface area (Å²) in [5.41, 5.74) is 0. The normalized spacial score (nSPS) is 13.5. The largest absolute Gasteiger partial charge is 0.471 e. The van der Waals surface area contributed by atoms with Crippen molar-refractivity contribution in [3.8, 4) is 0 Å². The quantitative estimate of drug-likeness (QED) is 0.648. The van der Waals surface area contributed by atoms with Gasteiger partial charge in [-0.2, -0.15) is 13.2 Å². The van der Waals surface area contributed by atoms with Crippen LogP contribution in [0.15, 0.2) is 12.7 Å². The van der Waals surface area contributed by atoms with E-state index in [9.17, 15) is 18.0 Å². The minimum Gasteiger partial charge on any atom is -0.389 e. The molecule has 3 nitrogen and oxygen atoms in total. The van der Waals surface area contributed by atoms with Crippen molar-refractivity contribution in [2.45, 2.75) is 18.7 Å². The van der Waals surface area contributed by atoms with E-state index in [1.807, 2.05) is 0 Å². The lowest BCUT2D eigenvalue weighted by Gasteiger charge is -2.08. The molecular formula is C7H10F3NO2. The van der Waals surface area contributed by atoms with Gasteiger partial charge in [0, 0.05) is 6.54 Å². The molecule has 13 heavy (non-hydrogen) atoms. The molecule has 1 amide bonds.